The molecule has 0 spiro atoms. The zero-order chi connectivity index (χ0) is 18.9. The fourth-order valence-corrected chi connectivity index (χ4v) is 2.86. The molecule has 2 amide bonds. The third kappa shape index (κ3) is 6.31. The molecule has 0 aliphatic carbocycles. The first kappa shape index (κ1) is 20.2. The molecule has 0 aromatic heterocycles. The Morgan fingerprint density at radius 1 is 1.42 bits per heavy atom. The van der Waals surface area contributed by atoms with Crippen LogP contribution < -0.4 is 10.6 Å². The number of anilines is 1. The lowest BCUT2D eigenvalue weighted by molar-refractivity contribution is -0.149. The van der Waals surface area contributed by atoms with Gasteiger partial charge in [-0.2, -0.15) is 0 Å². The van der Waals surface area contributed by atoms with Crippen molar-refractivity contribution in [1.29, 1.82) is 0 Å². The predicted octanol–water partition coefficient (Wildman–Crippen LogP) is 1.81. The van der Waals surface area contributed by atoms with Crippen molar-refractivity contribution in [3.8, 4) is 0 Å². The smallest absolute Gasteiger partial charge is 0.307 e. The number of nitrogens with one attached hydrogen (secondary N) is 2. The Hall–Kier alpha value is -2.12. The fraction of sp³-hybridized carbons (Fsp3) is 0.500. The van der Waals surface area contributed by atoms with Gasteiger partial charge < -0.3 is 15.4 Å². The first-order chi connectivity index (χ1) is 12.5. The molecule has 1 aliphatic heterocycles. The Balaban J connectivity index is 1.92. The van der Waals surface area contributed by atoms with E-state index in [2.05, 4.69) is 10.6 Å². The van der Waals surface area contributed by atoms with Crippen LogP contribution in [0.5, 0.6) is 0 Å². The Labute approximate surface area is 158 Å². The minimum absolute atomic E-state index is 0.00679. The van der Waals surface area contributed by atoms with Gasteiger partial charge in [0.05, 0.1) is 19.6 Å². The highest BCUT2D eigenvalue weighted by Gasteiger charge is 2.33. The summed E-state index contributed by atoms with van der Waals surface area (Å²) >= 11 is 5.91. The van der Waals surface area contributed by atoms with Crippen LogP contribution in [-0.2, 0) is 19.1 Å². The van der Waals surface area contributed by atoms with Crippen molar-refractivity contribution >= 4 is 35.1 Å². The molecule has 2 N–H and O–H groups in total. The van der Waals surface area contributed by atoms with Gasteiger partial charge in [-0.05, 0) is 24.6 Å². The Kier molecular flexibility index (Phi) is 7.87. The van der Waals surface area contributed by atoms with E-state index in [0.29, 0.717) is 30.4 Å². The second kappa shape index (κ2) is 10.1. The van der Waals surface area contributed by atoms with E-state index in [0.717, 1.165) is 12.8 Å². The van der Waals surface area contributed by atoms with Crippen molar-refractivity contribution in [3.63, 3.8) is 0 Å². The van der Waals surface area contributed by atoms with E-state index in [1.165, 1.54) is 0 Å². The summed E-state index contributed by atoms with van der Waals surface area (Å²) in [5.74, 6) is -0.966. The molecule has 1 aromatic carbocycles. The number of hydrogen-bond acceptors (Lipinski definition) is 5. The van der Waals surface area contributed by atoms with Crippen LogP contribution >= 0.6 is 11.6 Å². The average molecular weight is 382 g/mol. The Morgan fingerprint density at radius 3 is 2.96 bits per heavy atom. The number of halogens is 1. The average Bonchev–Trinajstić information content (AvgIpc) is 2.58. The molecule has 1 saturated heterocycles. The predicted molar refractivity (Wildman–Crippen MR) is 98.9 cm³/mol. The summed E-state index contributed by atoms with van der Waals surface area (Å²) in [7, 11) is 0. The lowest BCUT2D eigenvalue weighted by Crippen LogP contribution is -2.57. The summed E-state index contributed by atoms with van der Waals surface area (Å²) in [6, 6.07) is 6.12. The highest BCUT2D eigenvalue weighted by atomic mass is 35.5. The van der Waals surface area contributed by atoms with E-state index in [-0.39, 0.29) is 24.8 Å². The third-order valence-electron chi connectivity index (χ3n) is 4.02. The zero-order valence-corrected chi connectivity index (χ0v) is 15.6. The van der Waals surface area contributed by atoms with Crippen molar-refractivity contribution in [2.24, 2.45) is 0 Å². The molecule has 8 heteroatoms. The number of amides is 2. The minimum atomic E-state index is -0.706. The Morgan fingerprint density at radius 2 is 2.23 bits per heavy atom. The molecule has 1 fully saturated rings. The molecule has 0 saturated carbocycles. The molecule has 1 aromatic rings. The number of piperazine rings is 1. The van der Waals surface area contributed by atoms with Gasteiger partial charge in [-0.3, -0.25) is 19.3 Å². The SMILES string of the molecule is CCCCOC(=O)CC1C(=O)NCCN1CC(=O)Nc1cccc(Cl)c1. The molecule has 7 nitrogen and oxygen atoms in total. The van der Waals surface area contributed by atoms with Crippen molar-refractivity contribution in [2.75, 3.05) is 31.6 Å². The van der Waals surface area contributed by atoms with Gasteiger partial charge in [-0.15, -0.1) is 0 Å². The summed E-state index contributed by atoms with van der Waals surface area (Å²) in [4.78, 5) is 38.1. The molecular weight excluding hydrogens is 358 g/mol. The van der Waals surface area contributed by atoms with Gasteiger partial charge in [-0.1, -0.05) is 31.0 Å². The molecule has 1 atom stereocenters. The van der Waals surface area contributed by atoms with E-state index in [1.54, 1.807) is 29.2 Å². The van der Waals surface area contributed by atoms with Crippen LogP contribution in [0.3, 0.4) is 0 Å². The molecule has 2 rings (SSSR count). The number of carbonyl (C=O) groups excluding carboxylic acids is 3. The topological polar surface area (TPSA) is 87.7 Å². The third-order valence-corrected chi connectivity index (χ3v) is 4.25. The van der Waals surface area contributed by atoms with Gasteiger partial charge in [0.25, 0.3) is 0 Å². The maximum absolute atomic E-state index is 12.3. The van der Waals surface area contributed by atoms with Gasteiger partial charge >= 0.3 is 5.97 Å². The maximum Gasteiger partial charge on any atom is 0.307 e. The summed E-state index contributed by atoms with van der Waals surface area (Å²) in [6.07, 6.45) is 1.64. The number of unbranched alkanes of at least 4 members (excludes halogenated alkanes) is 1. The molecule has 0 radical (unpaired) electrons. The van der Waals surface area contributed by atoms with Crippen LogP contribution in [0.2, 0.25) is 5.02 Å². The van der Waals surface area contributed by atoms with Crippen LogP contribution in [0.15, 0.2) is 24.3 Å². The van der Waals surface area contributed by atoms with Crippen LogP contribution in [-0.4, -0.2) is 55.0 Å². The molecule has 26 heavy (non-hydrogen) atoms. The molecule has 142 valence electrons. The van der Waals surface area contributed by atoms with Crippen LogP contribution in [0.4, 0.5) is 5.69 Å². The number of benzene rings is 1. The van der Waals surface area contributed by atoms with E-state index in [9.17, 15) is 14.4 Å². The lowest BCUT2D eigenvalue weighted by atomic mass is 10.1. The van der Waals surface area contributed by atoms with Crippen LogP contribution in [0, 0.1) is 0 Å². The van der Waals surface area contributed by atoms with Gasteiger partial charge in [-0.25, -0.2) is 0 Å². The summed E-state index contributed by atoms with van der Waals surface area (Å²) in [5.41, 5.74) is 0.583. The van der Waals surface area contributed by atoms with E-state index < -0.39 is 12.0 Å². The first-order valence-corrected chi connectivity index (χ1v) is 9.10. The monoisotopic (exact) mass is 381 g/mol. The molecule has 0 bridgehead atoms. The van der Waals surface area contributed by atoms with E-state index in [4.69, 9.17) is 16.3 Å². The van der Waals surface area contributed by atoms with Gasteiger partial charge in [0, 0.05) is 23.8 Å². The summed E-state index contributed by atoms with van der Waals surface area (Å²) in [6.45, 7) is 3.28. The van der Waals surface area contributed by atoms with Crippen LogP contribution in [0.1, 0.15) is 26.2 Å². The largest absolute Gasteiger partial charge is 0.466 e. The number of nitrogens with zero attached hydrogens (tertiary/aromatic N) is 1. The quantitative estimate of drug-likeness (QED) is 0.529. The second-order valence-electron chi connectivity index (χ2n) is 6.11. The highest BCUT2D eigenvalue weighted by molar-refractivity contribution is 6.30. The molecule has 1 heterocycles. The highest BCUT2D eigenvalue weighted by Crippen LogP contribution is 2.15. The number of esters is 1. The molecule has 1 aliphatic rings. The first-order valence-electron chi connectivity index (χ1n) is 8.72. The number of rotatable bonds is 8. The van der Waals surface area contributed by atoms with Gasteiger partial charge in [0.1, 0.15) is 6.04 Å². The standard InChI is InChI=1S/C18H24ClN3O4/c1-2-3-9-26-17(24)11-15-18(25)20-7-8-22(15)12-16(23)21-14-6-4-5-13(19)10-14/h4-6,10,15H,2-3,7-9,11-12H2,1H3,(H,20,25)(H,21,23). The van der Waals surface area contributed by atoms with Gasteiger partial charge in [0.2, 0.25) is 11.8 Å². The lowest BCUT2D eigenvalue weighted by Gasteiger charge is -2.33. The second-order valence-corrected chi connectivity index (χ2v) is 6.55. The summed E-state index contributed by atoms with van der Waals surface area (Å²) < 4.78 is 5.13. The Bertz CT molecular complexity index is 653. The fourth-order valence-electron chi connectivity index (χ4n) is 2.67. The van der Waals surface area contributed by atoms with E-state index in [1.807, 2.05) is 6.92 Å². The molecule has 1 unspecified atom stereocenters. The minimum Gasteiger partial charge on any atom is -0.466 e. The number of carbonyl (C=O) groups is 3. The molecular formula is C18H24ClN3O4. The van der Waals surface area contributed by atoms with Gasteiger partial charge in [0.15, 0.2) is 0 Å². The van der Waals surface area contributed by atoms with Crippen molar-refractivity contribution < 1.29 is 19.1 Å². The summed E-state index contributed by atoms with van der Waals surface area (Å²) in [5, 5.41) is 6.00. The van der Waals surface area contributed by atoms with Crippen LogP contribution in [0.25, 0.3) is 0 Å². The maximum atomic E-state index is 12.3. The zero-order valence-electron chi connectivity index (χ0n) is 14.8. The number of hydrogen-bond donors (Lipinski definition) is 2. The van der Waals surface area contributed by atoms with Crippen molar-refractivity contribution in [2.45, 2.75) is 32.2 Å². The van der Waals surface area contributed by atoms with E-state index >= 15 is 0 Å². The number of ether oxygens (including phenoxy) is 1. The normalized spacial score (nSPS) is 17.5. The van der Waals surface area contributed by atoms with Crippen molar-refractivity contribution in [3.05, 3.63) is 29.3 Å². The van der Waals surface area contributed by atoms with Crippen molar-refractivity contribution in [1.82, 2.24) is 10.2 Å².